The lowest BCUT2D eigenvalue weighted by Gasteiger charge is -2.23. The van der Waals surface area contributed by atoms with Crippen LogP contribution < -0.4 is 4.90 Å². The predicted molar refractivity (Wildman–Crippen MR) is 89.7 cm³/mol. The van der Waals surface area contributed by atoms with Gasteiger partial charge in [0.2, 0.25) is 0 Å². The molecule has 0 saturated carbocycles. The van der Waals surface area contributed by atoms with Gasteiger partial charge < -0.3 is 10.0 Å². The number of anilines is 1. The van der Waals surface area contributed by atoms with Crippen LogP contribution in [-0.2, 0) is 5.54 Å². The van der Waals surface area contributed by atoms with Gasteiger partial charge in [0.05, 0.1) is 12.1 Å². The van der Waals surface area contributed by atoms with E-state index in [0.717, 1.165) is 4.90 Å². The van der Waals surface area contributed by atoms with Gasteiger partial charge in [-0.05, 0) is 54.4 Å². The summed E-state index contributed by atoms with van der Waals surface area (Å²) in [6, 6.07) is 7.98. The van der Waals surface area contributed by atoms with Crippen LogP contribution in [0.5, 0.6) is 0 Å². The molecular weight excluding hydrogens is 378 g/mol. The molecule has 1 aliphatic rings. The van der Waals surface area contributed by atoms with E-state index in [1.165, 1.54) is 36.4 Å². The van der Waals surface area contributed by atoms with E-state index in [9.17, 15) is 18.0 Å². The number of carboxylic acids is 1. The third-order valence-electron chi connectivity index (χ3n) is 4.31. The van der Waals surface area contributed by atoms with E-state index in [4.69, 9.17) is 28.3 Å². The van der Waals surface area contributed by atoms with Gasteiger partial charge in [-0.2, -0.15) is 13.2 Å². The van der Waals surface area contributed by atoms with Crippen molar-refractivity contribution in [2.75, 3.05) is 11.4 Å². The predicted octanol–water partition coefficient (Wildman–Crippen LogP) is 5.28. The van der Waals surface area contributed by atoms with E-state index in [1.807, 2.05) is 0 Å². The Bertz CT molecular complexity index is 849. The number of hydrogen-bond donors (Lipinski definition) is 1. The fourth-order valence-electron chi connectivity index (χ4n) is 3.01. The number of carbonyl (C=O) groups is 1. The van der Waals surface area contributed by atoms with Crippen molar-refractivity contribution in [3.63, 3.8) is 0 Å². The standard InChI is InChI=1S/C17H12Cl2F3NO2/c1-9-4-13(2-3-14(9)15(24)25)23-8-16(23,17(20,21)22)10-5-11(18)7-12(19)6-10/h2-7H,8H2,1H3,(H,24,25). The topological polar surface area (TPSA) is 40.3 Å². The van der Waals surface area contributed by atoms with E-state index >= 15 is 0 Å². The number of aromatic carboxylic acids is 1. The Hall–Kier alpha value is -1.92. The van der Waals surface area contributed by atoms with Crippen LogP contribution in [0.15, 0.2) is 36.4 Å². The highest BCUT2D eigenvalue weighted by atomic mass is 35.5. The first kappa shape index (κ1) is 17.9. The molecule has 0 bridgehead atoms. The lowest BCUT2D eigenvalue weighted by Crippen LogP contribution is -2.34. The number of nitrogens with zero attached hydrogens (tertiary/aromatic N) is 1. The number of aryl methyl sites for hydroxylation is 1. The SMILES string of the molecule is Cc1cc(N2CC2(c2cc(Cl)cc(Cl)c2)C(F)(F)F)ccc1C(=O)O. The van der Waals surface area contributed by atoms with Crippen LogP contribution in [0, 0.1) is 6.92 Å². The average molecular weight is 390 g/mol. The summed E-state index contributed by atoms with van der Waals surface area (Å²) in [5.74, 6) is -1.13. The lowest BCUT2D eigenvalue weighted by molar-refractivity contribution is -0.158. The molecule has 2 aromatic rings. The van der Waals surface area contributed by atoms with Crippen LogP contribution in [0.4, 0.5) is 18.9 Å². The summed E-state index contributed by atoms with van der Waals surface area (Å²) in [7, 11) is 0. The van der Waals surface area contributed by atoms with Crippen LogP contribution in [0.25, 0.3) is 0 Å². The summed E-state index contributed by atoms with van der Waals surface area (Å²) < 4.78 is 41.6. The van der Waals surface area contributed by atoms with Gasteiger partial charge in [0.15, 0.2) is 5.54 Å². The van der Waals surface area contributed by atoms with E-state index < -0.39 is 17.7 Å². The van der Waals surface area contributed by atoms with Gasteiger partial charge in [-0.15, -0.1) is 0 Å². The van der Waals surface area contributed by atoms with E-state index in [1.54, 1.807) is 6.92 Å². The molecule has 0 radical (unpaired) electrons. The Morgan fingerprint density at radius 1 is 1.16 bits per heavy atom. The van der Waals surface area contributed by atoms with Crippen molar-refractivity contribution in [2.24, 2.45) is 0 Å². The first-order valence-corrected chi connectivity index (χ1v) is 7.97. The minimum absolute atomic E-state index is 0.0440. The van der Waals surface area contributed by atoms with Crippen LogP contribution in [0.1, 0.15) is 21.5 Å². The highest BCUT2D eigenvalue weighted by Gasteiger charge is 2.71. The monoisotopic (exact) mass is 389 g/mol. The number of halogens is 5. The first-order chi connectivity index (χ1) is 11.6. The Morgan fingerprint density at radius 3 is 2.24 bits per heavy atom. The molecule has 2 aromatic carbocycles. The summed E-state index contributed by atoms with van der Waals surface area (Å²) >= 11 is 11.7. The molecule has 3 rings (SSSR count). The highest BCUT2D eigenvalue weighted by Crippen LogP contribution is 2.57. The van der Waals surface area contributed by atoms with Crippen molar-refractivity contribution in [2.45, 2.75) is 18.6 Å². The Kier molecular flexibility index (Phi) is 4.16. The molecule has 1 saturated heterocycles. The lowest BCUT2D eigenvalue weighted by atomic mass is 9.98. The second kappa shape index (κ2) is 5.81. The summed E-state index contributed by atoms with van der Waals surface area (Å²) in [6.07, 6.45) is -4.56. The van der Waals surface area contributed by atoms with Gasteiger partial charge in [0, 0.05) is 15.7 Å². The maximum atomic E-state index is 13.9. The Labute approximate surface area is 151 Å². The van der Waals surface area contributed by atoms with E-state index in [2.05, 4.69) is 0 Å². The van der Waals surface area contributed by atoms with Gasteiger partial charge in [0.1, 0.15) is 0 Å². The largest absolute Gasteiger partial charge is 0.478 e. The van der Waals surface area contributed by atoms with E-state index in [-0.39, 0.29) is 33.4 Å². The molecule has 1 atom stereocenters. The zero-order valence-electron chi connectivity index (χ0n) is 12.9. The van der Waals surface area contributed by atoms with Gasteiger partial charge in [-0.1, -0.05) is 23.2 Å². The molecule has 3 nitrogen and oxygen atoms in total. The zero-order chi connectivity index (χ0) is 18.6. The molecule has 0 amide bonds. The minimum atomic E-state index is -4.56. The number of benzene rings is 2. The molecule has 8 heteroatoms. The fourth-order valence-corrected chi connectivity index (χ4v) is 3.53. The number of hydrogen-bond acceptors (Lipinski definition) is 2. The van der Waals surface area contributed by atoms with Gasteiger partial charge >= 0.3 is 12.1 Å². The second-order valence-corrected chi connectivity index (χ2v) is 6.78. The molecule has 25 heavy (non-hydrogen) atoms. The summed E-state index contributed by atoms with van der Waals surface area (Å²) in [5, 5.41) is 9.30. The molecule has 0 spiro atoms. The average Bonchev–Trinajstić information content (AvgIpc) is 3.22. The van der Waals surface area contributed by atoms with Crippen LogP contribution in [-0.4, -0.2) is 23.8 Å². The summed E-state index contributed by atoms with van der Waals surface area (Å²) in [4.78, 5) is 12.2. The summed E-state index contributed by atoms with van der Waals surface area (Å²) in [5.41, 5.74) is -1.54. The maximum absolute atomic E-state index is 13.9. The smallest absolute Gasteiger partial charge is 0.417 e. The molecule has 1 aliphatic heterocycles. The van der Waals surface area contributed by atoms with Crippen molar-refractivity contribution in [3.05, 3.63) is 63.1 Å². The minimum Gasteiger partial charge on any atom is -0.478 e. The molecule has 0 aromatic heterocycles. The van der Waals surface area contributed by atoms with Gasteiger partial charge in [-0.3, -0.25) is 0 Å². The molecule has 1 N–H and O–H groups in total. The van der Waals surface area contributed by atoms with Crippen LogP contribution >= 0.6 is 23.2 Å². The van der Waals surface area contributed by atoms with Crippen molar-refractivity contribution in [1.82, 2.24) is 0 Å². The fraction of sp³-hybridized carbons (Fsp3) is 0.235. The quantitative estimate of drug-likeness (QED) is 0.726. The van der Waals surface area contributed by atoms with Crippen molar-refractivity contribution < 1.29 is 23.1 Å². The normalized spacial score (nSPS) is 19.8. The number of carboxylic acid groups (broad SMARTS) is 1. The van der Waals surface area contributed by atoms with E-state index in [0.29, 0.717) is 5.56 Å². The van der Waals surface area contributed by atoms with Gasteiger partial charge in [0.25, 0.3) is 0 Å². The molecule has 1 heterocycles. The molecule has 132 valence electrons. The third kappa shape index (κ3) is 2.93. The highest BCUT2D eigenvalue weighted by molar-refractivity contribution is 6.34. The molecular formula is C17H12Cl2F3NO2. The van der Waals surface area contributed by atoms with Crippen molar-refractivity contribution in [3.8, 4) is 0 Å². The second-order valence-electron chi connectivity index (χ2n) is 5.91. The Morgan fingerprint density at radius 2 is 1.76 bits per heavy atom. The maximum Gasteiger partial charge on any atom is 0.417 e. The summed E-state index contributed by atoms with van der Waals surface area (Å²) in [6.45, 7) is 1.25. The van der Waals surface area contributed by atoms with Crippen LogP contribution in [0.2, 0.25) is 10.0 Å². The molecule has 1 unspecified atom stereocenters. The van der Waals surface area contributed by atoms with Gasteiger partial charge in [-0.25, -0.2) is 4.79 Å². The number of rotatable bonds is 3. The molecule has 0 aliphatic carbocycles. The first-order valence-electron chi connectivity index (χ1n) is 7.21. The van der Waals surface area contributed by atoms with Crippen molar-refractivity contribution >= 4 is 34.9 Å². The van der Waals surface area contributed by atoms with Crippen LogP contribution in [0.3, 0.4) is 0 Å². The molecule has 1 fully saturated rings. The third-order valence-corrected chi connectivity index (χ3v) is 4.74. The number of alkyl halides is 3. The van der Waals surface area contributed by atoms with Crippen molar-refractivity contribution in [1.29, 1.82) is 0 Å². The Balaban J connectivity index is 2.07. The zero-order valence-corrected chi connectivity index (χ0v) is 14.4.